The first-order valence-electron chi connectivity index (χ1n) is 8.81. The lowest BCUT2D eigenvalue weighted by molar-refractivity contribution is -0.113. The molecule has 1 amide bonds. The molecule has 2 heterocycles. The third-order valence-corrected chi connectivity index (χ3v) is 7.53. The summed E-state index contributed by atoms with van der Waals surface area (Å²) in [5.41, 5.74) is 2.93. The summed E-state index contributed by atoms with van der Waals surface area (Å²) in [5.74, 6) is 0.108. The van der Waals surface area contributed by atoms with E-state index in [-0.39, 0.29) is 11.7 Å². The van der Waals surface area contributed by atoms with Gasteiger partial charge in [0.2, 0.25) is 11.0 Å². The molecule has 0 spiro atoms. The van der Waals surface area contributed by atoms with Crippen molar-refractivity contribution in [2.24, 2.45) is 0 Å². The number of carbonyl (C=O) groups is 1. The summed E-state index contributed by atoms with van der Waals surface area (Å²) >= 11 is 4.31. The Kier molecular flexibility index (Phi) is 5.90. The predicted molar refractivity (Wildman–Crippen MR) is 114 cm³/mol. The van der Waals surface area contributed by atoms with E-state index in [1.165, 1.54) is 44.9 Å². The Bertz CT molecular complexity index is 1020. The van der Waals surface area contributed by atoms with Gasteiger partial charge in [0.15, 0.2) is 4.34 Å². The van der Waals surface area contributed by atoms with Crippen LogP contribution in [-0.2, 0) is 24.2 Å². The maximum atomic E-state index is 12.3. The zero-order chi connectivity index (χ0) is 19.3. The number of aromatic nitrogens is 2. The van der Waals surface area contributed by atoms with Gasteiger partial charge in [-0.1, -0.05) is 53.4 Å². The molecule has 0 unspecified atom stereocenters. The lowest BCUT2D eigenvalue weighted by Gasteiger charge is -2.02. The molecular weight excluding hydrogens is 410 g/mol. The Labute approximate surface area is 175 Å². The molecule has 0 bridgehead atoms. The van der Waals surface area contributed by atoms with Crippen LogP contribution in [-0.4, -0.2) is 21.9 Å². The molecule has 6 nitrogen and oxygen atoms in total. The number of hydrogen-bond acceptors (Lipinski definition) is 8. The monoisotopic (exact) mass is 427 g/mol. The van der Waals surface area contributed by atoms with Gasteiger partial charge in [0, 0.05) is 11.4 Å². The first-order chi connectivity index (χ1) is 13.7. The van der Waals surface area contributed by atoms with E-state index in [0.717, 1.165) is 34.3 Å². The minimum atomic E-state index is -0.129. The highest BCUT2D eigenvalue weighted by molar-refractivity contribution is 8.01. The molecule has 2 N–H and O–H groups in total. The van der Waals surface area contributed by atoms with Crippen LogP contribution in [0.2, 0.25) is 0 Å². The van der Waals surface area contributed by atoms with Crippen LogP contribution in [0.1, 0.15) is 28.0 Å². The summed E-state index contributed by atoms with van der Waals surface area (Å²) in [5, 5.41) is 25.2. The van der Waals surface area contributed by atoms with E-state index in [2.05, 4.69) is 26.9 Å². The number of anilines is 2. The summed E-state index contributed by atoms with van der Waals surface area (Å²) in [6, 6.07) is 12.3. The Hall–Kier alpha value is -2.41. The average molecular weight is 428 g/mol. The van der Waals surface area contributed by atoms with Crippen LogP contribution in [0.4, 0.5) is 10.1 Å². The number of nitrogens with one attached hydrogen (secondary N) is 2. The first kappa shape index (κ1) is 18.9. The van der Waals surface area contributed by atoms with Crippen molar-refractivity contribution < 1.29 is 4.79 Å². The largest absolute Gasteiger partial charge is 0.356 e. The minimum absolute atomic E-state index is 0.129. The number of thiophene rings is 1. The number of amides is 1. The van der Waals surface area contributed by atoms with Gasteiger partial charge in [0.25, 0.3) is 0 Å². The second-order valence-corrected chi connectivity index (χ2v) is 9.53. The number of benzene rings is 1. The standard InChI is InChI=1S/C19H17N5OS3/c20-9-14-13-7-4-8-15(13)27-17(14)22-16(25)11-26-19-24-23-18(28-19)21-10-12-5-2-1-3-6-12/h1-3,5-6H,4,7-8,10-11H2,(H,21,23)(H,22,25). The summed E-state index contributed by atoms with van der Waals surface area (Å²) in [4.78, 5) is 13.5. The van der Waals surface area contributed by atoms with E-state index in [4.69, 9.17) is 0 Å². The van der Waals surface area contributed by atoms with Crippen molar-refractivity contribution >= 4 is 50.5 Å². The summed E-state index contributed by atoms with van der Waals surface area (Å²) < 4.78 is 0.736. The summed E-state index contributed by atoms with van der Waals surface area (Å²) in [6.07, 6.45) is 3.03. The number of nitrogens with zero attached hydrogens (tertiary/aromatic N) is 3. The molecule has 142 valence electrons. The van der Waals surface area contributed by atoms with Crippen molar-refractivity contribution in [3.05, 3.63) is 51.9 Å². The molecule has 0 atom stereocenters. The zero-order valence-corrected chi connectivity index (χ0v) is 17.3. The fraction of sp³-hybridized carbons (Fsp3) is 0.263. The molecule has 1 aliphatic carbocycles. The summed E-state index contributed by atoms with van der Waals surface area (Å²) in [7, 11) is 0. The molecule has 0 radical (unpaired) electrons. The van der Waals surface area contributed by atoms with Crippen LogP contribution >= 0.6 is 34.4 Å². The van der Waals surface area contributed by atoms with E-state index in [9.17, 15) is 10.1 Å². The van der Waals surface area contributed by atoms with Crippen LogP contribution in [0.25, 0.3) is 0 Å². The molecule has 4 rings (SSSR count). The van der Waals surface area contributed by atoms with E-state index < -0.39 is 0 Å². The third-order valence-electron chi connectivity index (χ3n) is 4.31. The van der Waals surface area contributed by atoms with E-state index in [1.807, 2.05) is 30.3 Å². The topological polar surface area (TPSA) is 90.7 Å². The Balaban J connectivity index is 1.29. The Morgan fingerprint density at radius 3 is 2.89 bits per heavy atom. The second-order valence-electron chi connectivity index (χ2n) is 6.22. The van der Waals surface area contributed by atoms with Gasteiger partial charge < -0.3 is 10.6 Å². The van der Waals surface area contributed by atoms with Crippen LogP contribution in [0.15, 0.2) is 34.7 Å². The molecule has 28 heavy (non-hydrogen) atoms. The number of nitriles is 1. The Morgan fingerprint density at radius 1 is 1.21 bits per heavy atom. The van der Waals surface area contributed by atoms with Crippen molar-refractivity contribution in [3.63, 3.8) is 0 Å². The third kappa shape index (κ3) is 4.35. The molecule has 2 aromatic heterocycles. The maximum absolute atomic E-state index is 12.3. The molecule has 0 fully saturated rings. The van der Waals surface area contributed by atoms with Gasteiger partial charge in [-0.05, 0) is 30.4 Å². The number of fused-ring (bicyclic) bond motifs is 1. The van der Waals surface area contributed by atoms with E-state index in [0.29, 0.717) is 17.1 Å². The summed E-state index contributed by atoms with van der Waals surface area (Å²) in [6.45, 7) is 0.681. The van der Waals surface area contributed by atoms with Gasteiger partial charge in [-0.2, -0.15) is 5.26 Å². The smallest absolute Gasteiger partial charge is 0.235 e. The molecule has 9 heteroatoms. The van der Waals surface area contributed by atoms with Crippen LogP contribution in [0.3, 0.4) is 0 Å². The highest BCUT2D eigenvalue weighted by atomic mass is 32.2. The van der Waals surface area contributed by atoms with Gasteiger partial charge in [-0.15, -0.1) is 21.5 Å². The number of hydrogen-bond donors (Lipinski definition) is 2. The predicted octanol–water partition coefficient (Wildman–Crippen LogP) is 4.30. The molecule has 1 aromatic carbocycles. The highest BCUT2D eigenvalue weighted by Crippen LogP contribution is 2.38. The molecular formula is C19H17N5OS3. The van der Waals surface area contributed by atoms with Gasteiger partial charge in [0.1, 0.15) is 11.1 Å². The fourth-order valence-corrected chi connectivity index (χ4v) is 5.82. The number of carbonyl (C=O) groups excluding carboxylic acids is 1. The molecule has 1 aliphatic rings. The number of aryl methyl sites for hydroxylation is 1. The maximum Gasteiger partial charge on any atom is 0.235 e. The van der Waals surface area contributed by atoms with Gasteiger partial charge in [-0.25, -0.2) is 0 Å². The van der Waals surface area contributed by atoms with Crippen LogP contribution in [0.5, 0.6) is 0 Å². The quantitative estimate of drug-likeness (QED) is 0.546. The Morgan fingerprint density at radius 2 is 2.07 bits per heavy atom. The van der Waals surface area contributed by atoms with E-state index in [1.54, 1.807) is 0 Å². The zero-order valence-electron chi connectivity index (χ0n) is 14.9. The molecule has 0 saturated carbocycles. The van der Waals surface area contributed by atoms with Crippen molar-refractivity contribution in [1.29, 1.82) is 5.26 Å². The van der Waals surface area contributed by atoms with Gasteiger partial charge >= 0.3 is 0 Å². The highest BCUT2D eigenvalue weighted by Gasteiger charge is 2.23. The number of thioether (sulfide) groups is 1. The van der Waals surface area contributed by atoms with Crippen molar-refractivity contribution in [2.75, 3.05) is 16.4 Å². The minimum Gasteiger partial charge on any atom is -0.356 e. The van der Waals surface area contributed by atoms with Crippen LogP contribution < -0.4 is 10.6 Å². The molecule has 0 aliphatic heterocycles. The molecule has 0 saturated heterocycles. The van der Waals surface area contributed by atoms with Gasteiger partial charge in [0.05, 0.1) is 11.3 Å². The van der Waals surface area contributed by atoms with Crippen LogP contribution in [0, 0.1) is 11.3 Å². The van der Waals surface area contributed by atoms with Crippen molar-refractivity contribution in [2.45, 2.75) is 30.1 Å². The van der Waals surface area contributed by atoms with E-state index >= 15 is 0 Å². The van der Waals surface area contributed by atoms with Crippen molar-refractivity contribution in [1.82, 2.24) is 10.2 Å². The lowest BCUT2D eigenvalue weighted by atomic mass is 10.1. The van der Waals surface area contributed by atoms with Gasteiger partial charge in [-0.3, -0.25) is 4.79 Å². The number of rotatable bonds is 7. The lowest BCUT2D eigenvalue weighted by Crippen LogP contribution is -2.13. The first-order valence-corrected chi connectivity index (χ1v) is 11.4. The van der Waals surface area contributed by atoms with Crippen molar-refractivity contribution in [3.8, 4) is 6.07 Å². The fourth-order valence-electron chi connectivity index (χ4n) is 3.01. The molecule has 3 aromatic rings. The normalized spacial score (nSPS) is 12.4. The SMILES string of the molecule is N#Cc1c(NC(=O)CSc2nnc(NCc3ccccc3)s2)sc2c1CCC2. The second kappa shape index (κ2) is 8.73. The average Bonchev–Trinajstić information content (AvgIpc) is 3.41.